The zero-order valence-corrected chi connectivity index (χ0v) is 12.8. The number of allylic oxidation sites excluding steroid dienone is 1. The SMILES string of the molecule is C=C(Nc1c[nH]c2ccc(CCC)cc12)C1CC2(CC2)C1. The Labute approximate surface area is 126 Å². The van der Waals surface area contributed by atoms with Crippen LogP contribution in [-0.4, -0.2) is 4.98 Å². The first-order valence-electron chi connectivity index (χ1n) is 8.25. The van der Waals surface area contributed by atoms with Crippen molar-refractivity contribution in [3.63, 3.8) is 0 Å². The molecule has 110 valence electrons. The van der Waals surface area contributed by atoms with Gasteiger partial charge in [0.1, 0.15) is 0 Å². The third kappa shape index (κ3) is 2.27. The van der Waals surface area contributed by atoms with E-state index < -0.39 is 0 Å². The lowest BCUT2D eigenvalue weighted by Crippen LogP contribution is -2.28. The first-order valence-corrected chi connectivity index (χ1v) is 8.25. The van der Waals surface area contributed by atoms with Crippen molar-refractivity contribution in [2.24, 2.45) is 11.3 Å². The van der Waals surface area contributed by atoms with Crippen molar-refractivity contribution >= 4 is 16.6 Å². The molecule has 0 radical (unpaired) electrons. The van der Waals surface area contributed by atoms with Crippen LogP contribution in [-0.2, 0) is 6.42 Å². The maximum Gasteiger partial charge on any atom is 0.0639 e. The lowest BCUT2D eigenvalue weighted by atomic mass is 9.70. The number of benzene rings is 1. The molecule has 0 aliphatic heterocycles. The van der Waals surface area contributed by atoms with Gasteiger partial charge >= 0.3 is 0 Å². The fourth-order valence-electron chi connectivity index (χ4n) is 3.81. The zero-order valence-electron chi connectivity index (χ0n) is 12.8. The summed E-state index contributed by atoms with van der Waals surface area (Å²) < 4.78 is 0. The van der Waals surface area contributed by atoms with Crippen molar-refractivity contribution in [1.82, 2.24) is 4.98 Å². The first-order chi connectivity index (χ1) is 10.2. The van der Waals surface area contributed by atoms with Gasteiger partial charge in [0.15, 0.2) is 0 Å². The van der Waals surface area contributed by atoms with Crippen LogP contribution in [0.4, 0.5) is 5.69 Å². The molecule has 21 heavy (non-hydrogen) atoms. The van der Waals surface area contributed by atoms with Crippen LogP contribution in [0.15, 0.2) is 36.7 Å². The summed E-state index contributed by atoms with van der Waals surface area (Å²) in [7, 11) is 0. The predicted molar refractivity (Wildman–Crippen MR) is 89.4 cm³/mol. The zero-order chi connectivity index (χ0) is 14.4. The Kier molecular flexibility index (Phi) is 2.88. The van der Waals surface area contributed by atoms with E-state index in [4.69, 9.17) is 0 Å². The Morgan fingerprint density at radius 2 is 2.19 bits per heavy atom. The van der Waals surface area contributed by atoms with E-state index in [1.807, 2.05) is 0 Å². The van der Waals surface area contributed by atoms with Gasteiger partial charge in [0, 0.05) is 22.8 Å². The molecule has 2 saturated carbocycles. The van der Waals surface area contributed by atoms with Crippen molar-refractivity contribution in [3.8, 4) is 0 Å². The second-order valence-corrected chi connectivity index (χ2v) is 7.09. The van der Waals surface area contributed by atoms with Crippen molar-refractivity contribution < 1.29 is 0 Å². The number of nitrogens with one attached hydrogen (secondary N) is 2. The van der Waals surface area contributed by atoms with E-state index in [1.165, 1.54) is 60.0 Å². The summed E-state index contributed by atoms with van der Waals surface area (Å²) in [6.07, 6.45) is 10.0. The highest BCUT2D eigenvalue weighted by atomic mass is 14.9. The van der Waals surface area contributed by atoms with Gasteiger partial charge in [-0.25, -0.2) is 0 Å². The molecule has 2 nitrogen and oxygen atoms in total. The topological polar surface area (TPSA) is 27.8 Å². The minimum atomic E-state index is 0.677. The standard InChI is InChI=1S/C19H24N2/c1-3-4-14-5-6-17-16(9-14)18(12-20-17)21-13(2)15-10-19(11-15)7-8-19/h5-6,9,12,15,20-21H,2-4,7-8,10-11H2,1H3. The molecule has 0 saturated heterocycles. The highest BCUT2D eigenvalue weighted by Crippen LogP contribution is 2.64. The molecule has 2 aromatic rings. The molecule has 2 fully saturated rings. The Bertz CT molecular complexity index is 683. The molecule has 2 aliphatic rings. The van der Waals surface area contributed by atoms with Crippen molar-refractivity contribution in [2.45, 2.75) is 45.4 Å². The lowest BCUT2D eigenvalue weighted by Gasteiger charge is -2.37. The number of anilines is 1. The Morgan fingerprint density at radius 3 is 2.90 bits per heavy atom. The Hall–Kier alpha value is -1.70. The van der Waals surface area contributed by atoms with Crippen LogP contribution in [0.25, 0.3) is 10.9 Å². The number of aromatic amines is 1. The van der Waals surface area contributed by atoms with Gasteiger partial charge in [-0.3, -0.25) is 0 Å². The van der Waals surface area contributed by atoms with E-state index >= 15 is 0 Å². The Morgan fingerprint density at radius 1 is 1.38 bits per heavy atom. The number of H-pyrrole nitrogens is 1. The van der Waals surface area contributed by atoms with Gasteiger partial charge in [-0.05, 0) is 61.1 Å². The van der Waals surface area contributed by atoms with Gasteiger partial charge in [-0.1, -0.05) is 26.0 Å². The van der Waals surface area contributed by atoms with Crippen LogP contribution in [0, 0.1) is 11.3 Å². The normalized spacial score (nSPS) is 19.7. The molecule has 2 heteroatoms. The van der Waals surface area contributed by atoms with E-state index in [0.29, 0.717) is 5.92 Å². The number of fused-ring (bicyclic) bond motifs is 1. The Balaban J connectivity index is 1.52. The van der Waals surface area contributed by atoms with Crippen LogP contribution >= 0.6 is 0 Å². The van der Waals surface area contributed by atoms with E-state index in [1.54, 1.807) is 0 Å². The summed E-state index contributed by atoms with van der Waals surface area (Å²) >= 11 is 0. The molecule has 4 rings (SSSR count). The highest BCUT2D eigenvalue weighted by molar-refractivity contribution is 5.93. The van der Waals surface area contributed by atoms with E-state index in [9.17, 15) is 0 Å². The molecular weight excluding hydrogens is 256 g/mol. The summed E-state index contributed by atoms with van der Waals surface area (Å²) in [5.74, 6) is 0.677. The van der Waals surface area contributed by atoms with Gasteiger partial charge in [-0.2, -0.15) is 0 Å². The van der Waals surface area contributed by atoms with Crippen molar-refractivity contribution in [1.29, 1.82) is 0 Å². The van der Waals surface area contributed by atoms with Crippen molar-refractivity contribution in [3.05, 3.63) is 42.2 Å². The van der Waals surface area contributed by atoms with Crippen molar-refractivity contribution in [2.75, 3.05) is 5.32 Å². The smallest absolute Gasteiger partial charge is 0.0639 e. The van der Waals surface area contributed by atoms with E-state index in [0.717, 1.165) is 11.8 Å². The summed E-state index contributed by atoms with van der Waals surface area (Å²) in [6.45, 7) is 6.51. The summed E-state index contributed by atoms with van der Waals surface area (Å²) in [5, 5.41) is 4.87. The molecule has 1 aromatic carbocycles. The summed E-state index contributed by atoms with van der Waals surface area (Å²) in [4.78, 5) is 3.36. The van der Waals surface area contributed by atoms with Crippen LogP contribution in [0.2, 0.25) is 0 Å². The van der Waals surface area contributed by atoms with Gasteiger partial charge in [0.05, 0.1) is 5.69 Å². The molecular formula is C19H24N2. The number of aryl methyl sites for hydroxylation is 1. The quantitative estimate of drug-likeness (QED) is 0.770. The number of aromatic nitrogens is 1. The molecule has 0 unspecified atom stereocenters. The van der Waals surface area contributed by atoms with Crippen LogP contribution in [0.3, 0.4) is 0 Å². The molecule has 0 bridgehead atoms. The molecule has 1 spiro atoms. The number of hydrogen-bond donors (Lipinski definition) is 2. The van der Waals surface area contributed by atoms with E-state index in [-0.39, 0.29) is 0 Å². The van der Waals surface area contributed by atoms with Gasteiger partial charge < -0.3 is 10.3 Å². The predicted octanol–water partition coefficient (Wildman–Crippen LogP) is 5.24. The average molecular weight is 280 g/mol. The molecule has 1 aromatic heterocycles. The molecule has 1 heterocycles. The fourth-order valence-corrected chi connectivity index (χ4v) is 3.81. The second kappa shape index (κ2) is 4.66. The first kappa shape index (κ1) is 13.0. The molecule has 0 amide bonds. The minimum Gasteiger partial charge on any atom is -0.359 e. The molecule has 2 N–H and O–H groups in total. The molecule has 2 aliphatic carbocycles. The van der Waals surface area contributed by atoms with Crippen LogP contribution < -0.4 is 5.32 Å². The largest absolute Gasteiger partial charge is 0.359 e. The van der Waals surface area contributed by atoms with E-state index in [2.05, 4.69) is 48.2 Å². The fraction of sp³-hybridized carbons (Fsp3) is 0.474. The second-order valence-electron chi connectivity index (χ2n) is 7.09. The minimum absolute atomic E-state index is 0.677. The van der Waals surface area contributed by atoms with Crippen LogP contribution in [0.5, 0.6) is 0 Å². The third-order valence-electron chi connectivity index (χ3n) is 5.39. The van der Waals surface area contributed by atoms with Gasteiger partial charge in [0.2, 0.25) is 0 Å². The monoisotopic (exact) mass is 280 g/mol. The maximum absolute atomic E-state index is 4.29. The number of hydrogen-bond acceptors (Lipinski definition) is 1. The van der Waals surface area contributed by atoms with Crippen LogP contribution in [0.1, 0.15) is 44.6 Å². The number of rotatable bonds is 5. The highest BCUT2D eigenvalue weighted by Gasteiger charge is 2.53. The molecule has 0 atom stereocenters. The third-order valence-corrected chi connectivity index (χ3v) is 5.39. The summed E-state index contributed by atoms with van der Waals surface area (Å²) in [5.41, 5.74) is 5.75. The van der Waals surface area contributed by atoms with Gasteiger partial charge in [-0.15, -0.1) is 0 Å². The van der Waals surface area contributed by atoms with Gasteiger partial charge in [0.25, 0.3) is 0 Å². The lowest BCUT2D eigenvalue weighted by molar-refractivity contribution is 0.203. The average Bonchev–Trinajstić information content (AvgIpc) is 3.16. The maximum atomic E-state index is 4.29. The summed E-state index contributed by atoms with van der Waals surface area (Å²) in [6, 6.07) is 6.73.